The largest absolute Gasteiger partial charge is 0.354 e. The Morgan fingerprint density at radius 3 is 2.73 bits per heavy atom. The fourth-order valence-electron chi connectivity index (χ4n) is 3.56. The van der Waals surface area contributed by atoms with Crippen molar-refractivity contribution in [2.75, 3.05) is 26.2 Å². The van der Waals surface area contributed by atoms with Gasteiger partial charge in [-0.1, -0.05) is 23.2 Å². The van der Waals surface area contributed by atoms with E-state index in [9.17, 15) is 9.59 Å². The van der Waals surface area contributed by atoms with Crippen molar-refractivity contribution in [3.05, 3.63) is 33.8 Å². The van der Waals surface area contributed by atoms with E-state index in [4.69, 9.17) is 23.2 Å². The van der Waals surface area contributed by atoms with Crippen molar-refractivity contribution >= 4 is 47.4 Å². The van der Waals surface area contributed by atoms with E-state index in [1.54, 1.807) is 23.1 Å². The summed E-state index contributed by atoms with van der Waals surface area (Å²) >= 11 is 11.9. The summed E-state index contributed by atoms with van der Waals surface area (Å²) in [5.41, 5.74) is 0.464. The van der Waals surface area contributed by atoms with E-state index < -0.39 is 6.04 Å². The number of rotatable bonds is 5. The van der Waals surface area contributed by atoms with Crippen molar-refractivity contribution in [3.8, 4) is 0 Å². The Bertz CT molecular complexity index is 651. The second kappa shape index (κ2) is 9.79. The average molecular weight is 421 g/mol. The zero-order valence-electron chi connectivity index (χ0n) is 14.5. The van der Waals surface area contributed by atoms with Crippen LogP contribution in [0.3, 0.4) is 0 Å². The van der Waals surface area contributed by atoms with Crippen molar-refractivity contribution in [2.45, 2.75) is 31.7 Å². The summed E-state index contributed by atoms with van der Waals surface area (Å²) in [6.45, 7) is 3.34. The topological polar surface area (TPSA) is 61.4 Å². The van der Waals surface area contributed by atoms with Gasteiger partial charge in [-0.05, 0) is 62.9 Å². The molecule has 0 saturated carbocycles. The molecule has 2 fully saturated rings. The highest BCUT2D eigenvalue weighted by atomic mass is 35.5. The van der Waals surface area contributed by atoms with Gasteiger partial charge >= 0.3 is 0 Å². The summed E-state index contributed by atoms with van der Waals surface area (Å²) in [6, 6.07) is 4.42. The lowest BCUT2D eigenvalue weighted by atomic mass is 10.1. The van der Waals surface area contributed by atoms with E-state index >= 15 is 0 Å². The van der Waals surface area contributed by atoms with Gasteiger partial charge in [0.05, 0.1) is 10.0 Å². The molecule has 0 spiro atoms. The monoisotopic (exact) mass is 419 g/mol. The molecule has 2 N–H and O–H groups in total. The molecule has 2 aliphatic heterocycles. The Balaban J connectivity index is 0.00000243. The molecule has 2 heterocycles. The van der Waals surface area contributed by atoms with E-state index in [1.807, 2.05) is 0 Å². The fourth-order valence-corrected chi connectivity index (χ4v) is 3.85. The van der Waals surface area contributed by atoms with E-state index in [0.29, 0.717) is 41.0 Å². The van der Waals surface area contributed by atoms with Gasteiger partial charge < -0.3 is 15.5 Å². The molecule has 2 atom stereocenters. The first-order valence-corrected chi connectivity index (χ1v) is 9.56. The predicted molar refractivity (Wildman–Crippen MR) is 106 cm³/mol. The van der Waals surface area contributed by atoms with E-state index in [-0.39, 0.29) is 24.2 Å². The van der Waals surface area contributed by atoms with E-state index in [0.717, 1.165) is 25.9 Å². The number of nitrogens with one attached hydrogen (secondary N) is 2. The quantitative estimate of drug-likeness (QED) is 0.769. The number of likely N-dealkylation sites (tertiary alicyclic amines) is 1. The van der Waals surface area contributed by atoms with Gasteiger partial charge in [-0.2, -0.15) is 0 Å². The molecule has 2 saturated heterocycles. The number of hydrogen-bond acceptors (Lipinski definition) is 3. The Labute approximate surface area is 170 Å². The van der Waals surface area contributed by atoms with Crippen molar-refractivity contribution in [1.29, 1.82) is 0 Å². The molecule has 0 radical (unpaired) electrons. The van der Waals surface area contributed by atoms with Crippen molar-refractivity contribution in [3.63, 3.8) is 0 Å². The van der Waals surface area contributed by atoms with Gasteiger partial charge in [0, 0.05) is 18.7 Å². The predicted octanol–water partition coefficient (Wildman–Crippen LogP) is 3.14. The van der Waals surface area contributed by atoms with Crippen LogP contribution in [0.2, 0.25) is 10.0 Å². The molecule has 2 unspecified atom stereocenters. The van der Waals surface area contributed by atoms with Gasteiger partial charge in [-0.25, -0.2) is 0 Å². The average Bonchev–Trinajstić information content (AvgIpc) is 3.28. The second-order valence-corrected chi connectivity index (χ2v) is 7.54. The van der Waals surface area contributed by atoms with Crippen LogP contribution in [0.15, 0.2) is 18.2 Å². The minimum absolute atomic E-state index is 0. The fraction of sp³-hybridized carbons (Fsp3) is 0.556. The first-order valence-electron chi connectivity index (χ1n) is 8.80. The molecule has 144 valence electrons. The van der Waals surface area contributed by atoms with Crippen LogP contribution in [0.25, 0.3) is 0 Å². The number of nitrogens with zero attached hydrogens (tertiary/aromatic N) is 1. The molecule has 1 aromatic carbocycles. The third-order valence-electron chi connectivity index (χ3n) is 5.00. The Hall–Kier alpha value is -1.01. The molecular formula is C18H24Cl3N3O2. The Morgan fingerprint density at radius 2 is 2.04 bits per heavy atom. The molecule has 8 heteroatoms. The lowest BCUT2D eigenvalue weighted by Gasteiger charge is -2.24. The van der Waals surface area contributed by atoms with Gasteiger partial charge in [-0.15, -0.1) is 12.4 Å². The second-order valence-electron chi connectivity index (χ2n) is 6.72. The SMILES string of the molecule is Cl.O=C(NCCC1CCNC1)C1CCCN1C(=O)c1ccc(Cl)c(Cl)c1. The van der Waals surface area contributed by atoms with Gasteiger partial charge in [0.1, 0.15) is 6.04 Å². The normalized spacial score (nSPS) is 22.2. The summed E-state index contributed by atoms with van der Waals surface area (Å²) in [5, 5.41) is 7.09. The molecule has 0 bridgehead atoms. The highest BCUT2D eigenvalue weighted by Gasteiger charge is 2.34. The number of amides is 2. The number of hydrogen-bond donors (Lipinski definition) is 2. The summed E-state index contributed by atoms with van der Waals surface area (Å²) in [6.07, 6.45) is 3.68. The first kappa shape index (κ1) is 21.3. The van der Waals surface area contributed by atoms with Crippen LogP contribution in [0.5, 0.6) is 0 Å². The van der Waals surface area contributed by atoms with Gasteiger partial charge in [-0.3, -0.25) is 9.59 Å². The maximum atomic E-state index is 12.7. The van der Waals surface area contributed by atoms with Crippen LogP contribution in [-0.4, -0.2) is 48.9 Å². The molecule has 26 heavy (non-hydrogen) atoms. The smallest absolute Gasteiger partial charge is 0.254 e. The van der Waals surface area contributed by atoms with Gasteiger partial charge in [0.2, 0.25) is 5.91 Å². The summed E-state index contributed by atoms with van der Waals surface area (Å²) in [5.74, 6) is 0.408. The van der Waals surface area contributed by atoms with Crippen LogP contribution in [0, 0.1) is 5.92 Å². The lowest BCUT2D eigenvalue weighted by Crippen LogP contribution is -2.46. The van der Waals surface area contributed by atoms with Crippen molar-refractivity contribution < 1.29 is 9.59 Å². The van der Waals surface area contributed by atoms with Crippen LogP contribution >= 0.6 is 35.6 Å². The molecular weight excluding hydrogens is 397 g/mol. The van der Waals surface area contributed by atoms with Crippen molar-refractivity contribution in [2.24, 2.45) is 5.92 Å². The molecule has 3 rings (SSSR count). The number of benzene rings is 1. The third-order valence-corrected chi connectivity index (χ3v) is 5.74. The number of carbonyl (C=O) groups is 2. The minimum Gasteiger partial charge on any atom is -0.354 e. The number of carbonyl (C=O) groups excluding carboxylic acids is 2. The summed E-state index contributed by atoms with van der Waals surface area (Å²) < 4.78 is 0. The molecule has 1 aromatic rings. The standard InChI is InChI=1S/C18H23Cl2N3O2.ClH/c19-14-4-3-13(10-15(14)20)18(25)23-9-1-2-16(23)17(24)22-8-6-12-5-7-21-11-12;/h3-4,10,12,16,21H,1-2,5-9,11H2,(H,22,24);1H. The lowest BCUT2D eigenvalue weighted by molar-refractivity contribution is -0.124. The maximum Gasteiger partial charge on any atom is 0.254 e. The highest BCUT2D eigenvalue weighted by Crippen LogP contribution is 2.26. The zero-order valence-corrected chi connectivity index (χ0v) is 16.8. The summed E-state index contributed by atoms with van der Waals surface area (Å²) in [4.78, 5) is 26.9. The zero-order chi connectivity index (χ0) is 17.8. The molecule has 0 aliphatic carbocycles. The van der Waals surface area contributed by atoms with E-state index in [2.05, 4.69) is 10.6 Å². The third kappa shape index (κ3) is 5.03. The Kier molecular flexibility index (Phi) is 8.02. The molecule has 2 amide bonds. The van der Waals surface area contributed by atoms with Crippen molar-refractivity contribution in [1.82, 2.24) is 15.5 Å². The highest BCUT2D eigenvalue weighted by molar-refractivity contribution is 6.42. The van der Waals surface area contributed by atoms with Crippen LogP contribution in [-0.2, 0) is 4.79 Å². The number of halogens is 3. The molecule has 5 nitrogen and oxygen atoms in total. The van der Waals surface area contributed by atoms with Crippen LogP contribution in [0.1, 0.15) is 36.0 Å². The van der Waals surface area contributed by atoms with Gasteiger partial charge in [0.25, 0.3) is 5.91 Å². The van der Waals surface area contributed by atoms with E-state index in [1.165, 1.54) is 6.42 Å². The molecule has 2 aliphatic rings. The van der Waals surface area contributed by atoms with Crippen LogP contribution < -0.4 is 10.6 Å². The Morgan fingerprint density at radius 1 is 1.23 bits per heavy atom. The van der Waals surface area contributed by atoms with Crippen LogP contribution in [0.4, 0.5) is 0 Å². The first-order chi connectivity index (χ1) is 12.1. The summed E-state index contributed by atoms with van der Waals surface area (Å²) in [7, 11) is 0. The molecule has 0 aromatic heterocycles. The van der Waals surface area contributed by atoms with Gasteiger partial charge in [0.15, 0.2) is 0 Å². The maximum absolute atomic E-state index is 12.7. The minimum atomic E-state index is -0.399.